The molecule has 0 aromatic carbocycles. The van der Waals surface area contributed by atoms with Crippen LogP contribution in [0.25, 0.3) is 0 Å². The second-order valence-electron chi connectivity index (χ2n) is 4.27. The Labute approximate surface area is 113 Å². The molecule has 0 aliphatic carbocycles. The van der Waals surface area contributed by atoms with Gasteiger partial charge in [-0.25, -0.2) is 13.6 Å². The zero-order valence-corrected chi connectivity index (χ0v) is 11.8. The smallest absolute Gasteiger partial charge is 0.227 e. The summed E-state index contributed by atoms with van der Waals surface area (Å²) >= 11 is 3.28. The molecule has 2 N–H and O–H groups in total. The van der Waals surface area contributed by atoms with E-state index in [0.717, 1.165) is 4.47 Å². The number of rotatable bonds is 3. The predicted octanol–water partition coefficient (Wildman–Crippen LogP) is 0.486. The third-order valence-electron chi connectivity index (χ3n) is 2.68. The highest BCUT2D eigenvalue weighted by atomic mass is 79.9. The molecule has 6 nitrogen and oxygen atoms in total. The normalized spacial score (nSPS) is 20.4. The highest BCUT2D eigenvalue weighted by molar-refractivity contribution is 9.10. The van der Waals surface area contributed by atoms with Gasteiger partial charge in [-0.1, -0.05) is 0 Å². The van der Waals surface area contributed by atoms with Gasteiger partial charge in [0.2, 0.25) is 15.9 Å². The number of amides is 1. The molecule has 18 heavy (non-hydrogen) atoms. The summed E-state index contributed by atoms with van der Waals surface area (Å²) in [6.45, 7) is 0.355. The lowest BCUT2D eigenvalue weighted by Gasteiger charge is -2.16. The number of sulfonamides is 1. The van der Waals surface area contributed by atoms with E-state index in [1.807, 2.05) is 0 Å². The highest BCUT2D eigenvalue weighted by Gasteiger charge is 2.32. The molecule has 1 amide bonds. The van der Waals surface area contributed by atoms with Crippen LogP contribution in [-0.2, 0) is 14.8 Å². The largest absolute Gasteiger partial charge is 0.311 e. The maximum atomic E-state index is 11.8. The number of nitrogens with zero attached hydrogens (tertiary/aromatic N) is 2. The Morgan fingerprint density at radius 1 is 1.50 bits per heavy atom. The molecule has 2 rings (SSSR count). The molecule has 1 fully saturated rings. The zero-order chi connectivity index (χ0) is 13.3. The number of carbonyl (C=O) groups is 1. The van der Waals surface area contributed by atoms with E-state index in [4.69, 9.17) is 5.14 Å². The van der Waals surface area contributed by atoms with E-state index in [1.54, 1.807) is 18.5 Å². The molecule has 98 valence electrons. The number of nitrogens with two attached hydrogens (primary N) is 1. The molecule has 1 unspecified atom stereocenters. The molecule has 1 aromatic rings. The minimum absolute atomic E-state index is 0.108. The number of primary sulfonamides is 1. The fraction of sp³-hybridized carbons (Fsp3) is 0.400. The van der Waals surface area contributed by atoms with Crippen molar-refractivity contribution in [2.75, 3.05) is 17.2 Å². The quantitative estimate of drug-likeness (QED) is 0.870. The molecule has 2 heterocycles. The topological polar surface area (TPSA) is 93.4 Å². The van der Waals surface area contributed by atoms with Gasteiger partial charge in [-0.05, 0) is 22.0 Å². The number of anilines is 1. The third-order valence-corrected chi connectivity index (χ3v) is 4.04. The van der Waals surface area contributed by atoms with Gasteiger partial charge in [0, 0.05) is 29.6 Å². The lowest BCUT2D eigenvalue weighted by atomic mass is 10.1. The summed E-state index contributed by atoms with van der Waals surface area (Å²) in [5.41, 5.74) is 0.659. The lowest BCUT2D eigenvalue weighted by molar-refractivity contribution is -0.117. The van der Waals surface area contributed by atoms with Crippen molar-refractivity contribution in [3.8, 4) is 0 Å². The Bertz CT molecular complexity index is 575. The van der Waals surface area contributed by atoms with Crippen LogP contribution in [0.15, 0.2) is 22.9 Å². The van der Waals surface area contributed by atoms with Crippen LogP contribution in [-0.4, -0.2) is 31.6 Å². The van der Waals surface area contributed by atoms with Crippen molar-refractivity contribution in [2.24, 2.45) is 11.1 Å². The van der Waals surface area contributed by atoms with Gasteiger partial charge in [-0.3, -0.25) is 9.78 Å². The summed E-state index contributed by atoms with van der Waals surface area (Å²) in [5.74, 6) is -0.536. The van der Waals surface area contributed by atoms with Crippen molar-refractivity contribution >= 4 is 37.5 Å². The fourth-order valence-electron chi connectivity index (χ4n) is 2.02. The van der Waals surface area contributed by atoms with E-state index in [1.165, 1.54) is 4.90 Å². The average Bonchev–Trinajstić information content (AvgIpc) is 2.56. The number of pyridine rings is 1. The number of hydrogen-bond acceptors (Lipinski definition) is 4. The first-order valence-corrected chi connectivity index (χ1v) is 7.77. The van der Waals surface area contributed by atoms with Crippen LogP contribution >= 0.6 is 15.9 Å². The SMILES string of the molecule is NS(=O)(=O)CC1CC(=O)N(c2cncc(Br)c2)C1. The molecule has 0 bridgehead atoms. The van der Waals surface area contributed by atoms with Crippen molar-refractivity contribution in [2.45, 2.75) is 6.42 Å². The highest BCUT2D eigenvalue weighted by Crippen LogP contribution is 2.26. The fourth-order valence-corrected chi connectivity index (χ4v) is 3.25. The maximum absolute atomic E-state index is 11.8. The van der Waals surface area contributed by atoms with Gasteiger partial charge in [-0.15, -0.1) is 0 Å². The summed E-state index contributed by atoms with van der Waals surface area (Å²) in [6.07, 6.45) is 3.39. The van der Waals surface area contributed by atoms with Crippen molar-refractivity contribution in [3.63, 3.8) is 0 Å². The number of aromatic nitrogens is 1. The third kappa shape index (κ3) is 3.27. The zero-order valence-electron chi connectivity index (χ0n) is 9.41. The van der Waals surface area contributed by atoms with E-state index in [2.05, 4.69) is 20.9 Å². The van der Waals surface area contributed by atoms with Crippen molar-refractivity contribution in [1.29, 1.82) is 0 Å². The molecule has 1 aliphatic heterocycles. The number of hydrogen-bond donors (Lipinski definition) is 1. The molecule has 1 aliphatic rings. The van der Waals surface area contributed by atoms with Crippen molar-refractivity contribution < 1.29 is 13.2 Å². The predicted molar refractivity (Wildman–Crippen MR) is 70.4 cm³/mol. The number of halogens is 1. The Morgan fingerprint density at radius 3 is 2.83 bits per heavy atom. The van der Waals surface area contributed by atoms with Crippen molar-refractivity contribution in [1.82, 2.24) is 4.98 Å². The second kappa shape index (κ2) is 4.94. The minimum atomic E-state index is -3.55. The van der Waals surface area contributed by atoms with Crippen molar-refractivity contribution in [3.05, 3.63) is 22.9 Å². The first-order valence-electron chi connectivity index (χ1n) is 5.26. The van der Waals surface area contributed by atoms with Gasteiger partial charge in [0.25, 0.3) is 0 Å². The van der Waals surface area contributed by atoms with E-state index < -0.39 is 10.0 Å². The Balaban J connectivity index is 2.15. The second-order valence-corrected chi connectivity index (χ2v) is 6.84. The average molecular weight is 334 g/mol. The summed E-state index contributed by atoms with van der Waals surface area (Å²) < 4.78 is 22.8. The van der Waals surface area contributed by atoms with E-state index >= 15 is 0 Å². The molecule has 0 radical (unpaired) electrons. The van der Waals surface area contributed by atoms with Crippen LogP contribution < -0.4 is 10.0 Å². The standard InChI is InChI=1S/C10H12BrN3O3S/c11-8-2-9(4-13-3-8)14-5-7(1-10(14)15)6-18(12,16)17/h2-4,7H,1,5-6H2,(H2,12,16,17). The molecule has 1 aromatic heterocycles. The molecule has 0 spiro atoms. The van der Waals surface area contributed by atoms with Gasteiger partial charge in [0.1, 0.15) is 0 Å². The first-order chi connectivity index (χ1) is 8.35. The van der Waals surface area contributed by atoms with Crippen LogP contribution in [0.4, 0.5) is 5.69 Å². The molecule has 0 saturated carbocycles. The Kier molecular flexibility index (Phi) is 3.69. The summed E-state index contributed by atoms with van der Waals surface area (Å²) in [5, 5.41) is 4.99. The van der Waals surface area contributed by atoms with Gasteiger partial charge in [0.05, 0.1) is 17.6 Å². The molecule has 8 heteroatoms. The number of carbonyl (C=O) groups excluding carboxylic acids is 1. The summed E-state index contributed by atoms with van der Waals surface area (Å²) in [4.78, 5) is 17.3. The van der Waals surface area contributed by atoms with E-state index in [-0.39, 0.29) is 24.0 Å². The molecule has 1 saturated heterocycles. The maximum Gasteiger partial charge on any atom is 0.227 e. The Morgan fingerprint density at radius 2 is 2.22 bits per heavy atom. The van der Waals surface area contributed by atoms with Crippen LogP contribution in [0, 0.1) is 5.92 Å². The monoisotopic (exact) mass is 333 g/mol. The van der Waals surface area contributed by atoms with Gasteiger partial charge < -0.3 is 4.90 Å². The minimum Gasteiger partial charge on any atom is -0.311 e. The van der Waals surface area contributed by atoms with E-state index in [0.29, 0.717) is 12.2 Å². The summed E-state index contributed by atoms with van der Waals surface area (Å²) in [6, 6.07) is 1.77. The summed E-state index contributed by atoms with van der Waals surface area (Å²) in [7, 11) is -3.55. The van der Waals surface area contributed by atoms with Gasteiger partial charge >= 0.3 is 0 Å². The van der Waals surface area contributed by atoms with Crippen LogP contribution in [0.1, 0.15) is 6.42 Å². The van der Waals surface area contributed by atoms with Crippen LogP contribution in [0.2, 0.25) is 0 Å². The Hall–Kier alpha value is -0.990. The molecular formula is C10H12BrN3O3S. The molecular weight excluding hydrogens is 322 g/mol. The van der Waals surface area contributed by atoms with Crippen LogP contribution in [0.3, 0.4) is 0 Å². The first kappa shape index (κ1) is 13.4. The van der Waals surface area contributed by atoms with Gasteiger partial charge in [-0.2, -0.15) is 0 Å². The van der Waals surface area contributed by atoms with Gasteiger partial charge in [0.15, 0.2) is 0 Å². The van der Waals surface area contributed by atoms with Crippen LogP contribution in [0.5, 0.6) is 0 Å². The van der Waals surface area contributed by atoms with E-state index in [9.17, 15) is 13.2 Å². The lowest BCUT2D eigenvalue weighted by Crippen LogP contribution is -2.27. The molecule has 1 atom stereocenters.